The fourth-order valence-electron chi connectivity index (χ4n) is 1.69. The van der Waals surface area contributed by atoms with Crippen molar-refractivity contribution in [1.29, 1.82) is 0 Å². The molecule has 0 aliphatic rings. The molecule has 3 heteroatoms. The minimum Gasteiger partial charge on any atom is -0.320 e. The zero-order chi connectivity index (χ0) is 12.4. The van der Waals surface area contributed by atoms with Crippen molar-refractivity contribution in [1.82, 2.24) is 4.98 Å². The summed E-state index contributed by atoms with van der Waals surface area (Å²) in [6.45, 7) is 11.0. The highest BCUT2D eigenvalue weighted by molar-refractivity contribution is 7.09. The van der Waals surface area contributed by atoms with Gasteiger partial charge in [-0.2, -0.15) is 0 Å². The summed E-state index contributed by atoms with van der Waals surface area (Å²) >= 11 is 1.74. The summed E-state index contributed by atoms with van der Waals surface area (Å²) in [7, 11) is 0. The van der Waals surface area contributed by atoms with Gasteiger partial charge in [0.05, 0.1) is 16.2 Å². The first-order chi connectivity index (χ1) is 7.30. The molecule has 0 atom stereocenters. The number of hydrogen-bond donors (Lipinski definition) is 1. The Labute approximate surface area is 103 Å². The molecule has 1 heterocycles. The van der Waals surface area contributed by atoms with Crippen LogP contribution in [0.4, 0.5) is 0 Å². The van der Waals surface area contributed by atoms with E-state index in [2.05, 4.69) is 40.0 Å². The molecule has 0 spiro atoms. The second-order valence-corrected chi connectivity index (χ2v) is 6.67. The van der Waals surface area contributed by atoms with E-state index in [4.69, 9.17) is 10.7 Å². The maximum atomic E-state index is 6.34. The van der Waals surface area contributed by atoms with Crippen LogP contribution in [0.5, 0.6) is 0 Å². The van der Waals surface area contributed by atoms with Crippen molar-refractivity contribution < 1.29 is 0 Å². The molecule has 1 rings (SSSR count). The molecule has 0 unspecified atom stereocenters. The van der Waals surface area contributed by atoms with Crippen LogP contribution in [-0.4, -0.2) is 4.98 Å². The van der Waals surface area contributed by atoms with Crippen LogP contribution >= 0.6 is 11.3 Å². The van der Waals surface area contributed by atoms with E-state index in [1.807, 2.05) is 0 Å². The molecule has 16 heavy (non-hydrogen) atoms. The molecule has 0 aliphatic carbocycles. The molecule has 0 saturated carbocycles. The van der Waals surface area contributed by atoms with Gasteiger partial charge < -0.3 is 5.73 Å². The Morgan fingerprint density at radius 2 is 1.81 bits per heavy atom. The van der Waals surface area contributed by atoms with Crippen LogP contribution in [0.25, 0.3) is 0 Å². The summed E-state index contributed by atoms with van der Waals surface area (Å²) in [5, 5.41) is 3.34. The van der Waals surface area contributed by atoms with E-state index >= 15 is 0 Å². The summed E-state index contributed by atoms with van der Waals surface area (Å²) in [4.78, 5) is 4.70. The minimum absolute atomic E-state index is 0.230. The molecule has 92 valence electrons. The van der Waals surface area contributed by atoms with Gasteiger partial charge in [0.1, 0.15) is 0 Å². The maximum absolute atomic E-state index is 6.34. The molecule has 1 aromatic heterocycles. The first-order valence-corrected chi connectivity index (χ1v) is 6.92. The molecule has 0 fully saturated rings. The number of aromatic nitrogens is 1. The van der Waals surface area contributed by atoms with E-state index in [9.17, 15) is 0 Å². The van der Waals surface area contributed by atoms with Gasteiger partial charge in [0.2, 0.25) is 0 Å². The lowest BCUT2D eigenvalue weighted by molar-refractivity contribution is 0.392. The molecule has 1 aromatic rings. The monoisotopic (exact) mass is 240 g/mol. The number of rotatable bonds is 4. The zero-order valence-electron chi connectivity index (χ0n) is 11.1. The number of thiazole rings is 1. The van der Waals surface area contributed by atoms with Crippen LogP contribution in [-0.2, 0) is 12.0 Å². The summed E-state index contributed by atoms with van der Waals surface area (Å²) < 4.78 is 0. The Hall–Kier alpha value is -0.410. The number of nitrogens with zero attached hydrogens (tertiary/aromatic N) is 1. The highest BCUT2D eigenvalue weighted by Crippen LogP contribution is 2.29. The van der Waals surface area contributed by atoms with Gasteiger partial charge in [0.15, 0.2) is 0 Å². The van der Waals surface area contributed by atoms with E-state index in [1.165, 1.54) is 5.01 Å². The summed E-state index contributed by atoms with van der Waals surface area (Å²) in [5.41, 5.74) is 7.48. The van der Waals surface area contributed by atoms with Crippen molar-refractivity contribution in [2.75, 3.05) is 0 Å². The Bertz CT molecular complexity index is 332. The minimum atomic E-state index is -0.230. The largest absolute Gasteiger partial charge is 0.320 e. The van der Waals surface area contributed by atoms with E-state index < -0.39 is 0 Å². The third-order valence-corrected chi connectivity index (χ3v) is 3.85. The number of nitrogens with two attached hydrogens (primary N) is 1. The molecule has 0 amide bonds. The van der Waals surface area contributed by atoms with Gasteiger partial charge in [-0.25, -0.2) is 4.98 Å². The van der Waals surface area contributed by atoms with Gasteiger partial charge >= 0.3 is 0 Å². The maximum Gasteiger partial charge on any atom is 0.0934 e. The quantitative estimate of drug-likeness (QED) is 0.871. The standard InChI is InChI=1S/C13H24N2S/c1-6-13(14,7-2)10-9-16-11(15-10)8-12(3,4)5/h9H,6-8,14H2,1-5H3. The third kappa shape index (κ3) is 3.29. The Morgan fingerprint density at radius 3 is 2.25 bits per heavy atom. The van der Waals surface area contributed by atoms with Crippen LogP contribution in [0.15, 0.2) is 5.38 Å². The SMILES string of the molecule is CCC(N)(CC)c1csc(CC(C)(C)C)n1. The van der Waals surface area contributed by atoms with Gasteiger partial charge in [0, 0.05) is 11.8 Å². The lowest BCUT2D eigenvalue weighted by atomic mass is 9.90. The molecule has 2 nitrogen and oxygen atoms in total. The molecule has 0 aromatic carbocycles. The van der Waals surface area contributed by atoms with Crippen LogP contribution in [0.1, 0.15) is 58.2 Å². The van der Waals surface area contributed by atoms with Crippen molar-refractivity contribution in [2.45, 2.75) is 59.4 Å². The lowest BCUT2D eigenvalue weighted by Gasteiger charge is -2.24. The van der Waals surface area contributed by atoms with E-state index in [0.717, 1.165) is 25.0 Å². The molecule has 0 bridgehead atoms. The lowest BCUT2D eigenvalue weighted by Crippen LogP contribution is -2.35. The Balaban J connectivity index is 2.86. The summed E-state index contributed by atoms with van der Waals surface area (Å²) in [5.74, 6) is 0. The average Bonchev–Trinajstić information content (AvgIpc) is 2.63. The molecular formula is C13H24N2S. The first kappa shape index (κ1) is 13.7. The van der Waals surface area contributed by atoms with Crippen molar-refractivity contribution >= 4 is 11.3 Å². The summed E-state index contributed by atoms with van der Waals surface area (Å²) in [6.07, 6.45) is 2.92. The Kier molecular flexibility index (Phi) is 4.13. The molecule has 0 saturated heterocycles. The highest BCUT2D eigenvalue weighted by atomic mass is 32.1. The van der Waals surface area contributed by atoms with Crippen molar-refractivity contribution in [2.24, 2.45) is 11.1 Å². The average molecular weight is 240 g/mol. The molecule has 2 N–H and O–H groups in total. The van der Waals surface area contributed by atoms with Crippen LogP contribution in [0.2, 0.25) is 0 Å². The van der Waals surface area contributed by atoms with E-state index in [1.54, 1.807) is 11.3 Å². The Morgan fingerprint density at radius 1 is 1.25 bits per heavy atom. The normalized spacial score (nSPS) is 13.1. The van der Waals surface area contributed by atoms with Gasteiger partial charge in [-0.15, -0.1) is 11.3 Å². The van der Waals surface area contributed by atoms with E-state index in [0.29, 0.717) is 5.41 Å². The van der Waals surface area contributed by atoms with E-state index in [-0.39, 0.29) is 5.54 Å². The van der Waals surface area contributed by atoms with Gasteiger partial charge in [0.25, 0.3) is 0 Å². The topological polar surface area (TPSA) is 38.9 Å². The molecule has 0 radical (unpaired) electrons. The van der Waals surface area contributed by atoms with Crippen molar-refractivity contribution in [3.63, 3.8) is 0 Å². The second-order valence-electron chi connectivity index (χ2n) is 5.73. The fraction of sp³-hybridized carbons (Fsp3) is 0.769. The van der Waals surface area contributed by atoms with Crippen molar-refractivity contribution in [3.8, 4) is 0 Å². The zero-order valence-corrected chi connectivity index (χ0v) is 11.9. The predicted molar refractivity (Wildman–Crippen MR) is 71.7 cm³/mol. The first-order valence-electron chi connectivity index (χ1n) is 6.04. The van der Waals surface area contributed by atoms with Crippen LogP contribution in [0.3, 0.4) is 0 Å². The van der Waals surface area contributed by atoms with Gasteiger partial charge in [-0.3, -0.25) is 0 Å². The van der Waals surface area contributed by atoms with Crippen molar-refractivity contribution in [3.05, 3.63) is 16.1 Å². The number of hydrogen-bond acceptors (Lipinski definition) is 3. The summed E-state index contributed by atoms with van der Waals surface area (Å²) in [6, 6.07) is 0. The molecule has 0 aliphatic heterocycles. The van der Waals surface area contributed by atoms with Gasteiger partial charge in [-0.05, 0) is 18.3 Å². The third-order valence-electron chi connectivity index (χ3n) is 3.01. The van der Waals surface area contributed by atoms with Crippen LogP contribution in [0, 0.1) is 5.41 Å². The van der Waals surface area contributed by atoms with Crippen LogP contribution < -0.4 is 5.73 Å². The second kappa shape index (κ2) is 4.84. The fourth-order valence-corrected chi connectivity index (χ4v) is 2.89. The highest BCUT2D eigenvalue weighted by Gasteiger charge is 2.26. The molecular weight excluding hydrogens is 216 g/mol. The smallest absolute Gasteiger partial charge is 0.0934 e. The van der Waals surface area contributed by atoms with Gasteiger partial charge in [-0.1, -0.05) is 34.6 Å². The predicted octanol–water partition coefficient (Wildman–Crippen LogP) is 3.71.